The Morgan fingerprint density at radius 3 is 2.81 bits per heavy atom. The van der Waals surface area contributed by atoms with Crippen molar-refractivity contribution in [2.75, 3.05) is 6.54 Å². The molecular formula is C13H24N2S. The fraction of sp³-hybridized carbons (Fsp3) is 0.769. The highest BCUT2D eigenvalue weighted by atomic mass is 32.1. The second kappa shape index (κ2) is 7.80. The van der Waals surface area contributed by atoms with Gasteiger partial charge in [-0.2, -0.15) is 0 Å². The van der Waals surface area contributed by atoms with Gasteiger partial charge in [0, 0.05) is 17.6 Å². The highest BCUT2D eigenvalue weighted by molar-refractivity contribution is 7.09. The molecule has 0 amide bonds. The quantitative estimate of drug-likeness (QED) is 0.748. The zero-order chi connectivity index (χ0) is 11.8. The Kier molecular flexibility index (Phi) is 6.65. The van der Waals surface area contributed by atoms with Gasteiger partial charge in [0.1, 0.15) is 5.01 Å². The Balaban J connectivity index is 2.17. The first-order chi connectivity index (χ1) is 7.76. The summed E-state index contributed by atoms with van der Waals surface area (Å²) in [6, 6.07) is 0. The molecule has 0 aliphatic carbocycles. The van der Waals surface area contributed by atoms with Crippen LogP contribution in [0.25, 0.3) is 0 Å². The number of thiazole rings is 1. The third kappa shape index (κ3) is 5.08. The van der Waals surface area contributed by atoms with Gasteiger partial charge >= 0.3 is 0 Å². The molecule has 92 valence electrons. The summed E-state index contributed by atoms with van der Waals surface area (Å²) in [5.74, 6) is 0.834. The predicted molar refractivity (Wildman–Crippen MR) is 71.9 cm³/mol. The molecule has 1 heterocycles. The second-order valence-electron chi connectivity index (χ2n) is 4.43. The van der Waals surface area contributed by atoms with Crippen LogP contribution in [0, 0.1) is 12.8 Å². The fourth-order valence-corrected chi connectivity index (χ4v) is 2.55. The number of hydrogen-bond donors (Lipinski definition) is 1. The smallest absolute Gasteiger partial charge is 0.107 e. The third-order valence-electron chi connectivity index (χ3n) is 2.92. The predicted octanol–water partition coefficient (Wildman–Crippen LogP) is 3.76. The summed E-state index contributed by atoms with van der Waals surface area (Å²) in [6.45, 7) is 8.67. The van der Waals surface area contributed by atoms with E-state index < -0.39 is 0 Å². The molecule has 0 spiro atoms. The molecule has 1 N–H and O–H groups in total. The average Bonchev–Trinajstić information content (AvgIpc) is 2.69. The minimum atomic E-state index is 0.834. The molecule has 1 atom stereocenters. The maximum Gasteiger partial charge on any atom is 0.107 e. The summed E-state index contributed by atoms with van der Waals surface area (Å²) in [6.07, 6.45) is 5.31. The maximum absolute atomic E-state index is 4.45. The van der Waals surface area contributed by atoms with E-state index >= 15 is 0 Å². The van der Waals surface area contributed by atoms with Crippen molar-refractivity contribution in [2.24, 2.45) is 5.92 Å². The van der Waals surface area contributed by atoms with E-state index in [0.29, 0.717) is 0 Å². The van der Waals surface area contributed by atoms with E-state index in [2.05, 4.69) is 36.5 Å². The average molecular weight is 240 g/mol. The molecule has 0 radical (unpaired) electrons. The molecule has 0 fully saturated rings. The zero-order valence-corrected chi connectivity index (χ0v) is 11.6. The SMILES string of the molecule is CCCCC(CC)CNCc1nc(C)cs1. The number of hydrogen-bond acceptors (Lipinski definition) is 3. The van der Waals surface area contributed by atoms with Gasteiger partial charge in [-0.15, -0.1) is 11.3 Å². The van der Waals surface area contributed by atoms with Crippen LogP contribution in [0.5, 0.6) is 0 Å². The Bertz CT molecular complexity index is 283. The molecule has 3 heteroatoms. The first kappa shape index (κ1) is 13.7. The lowest BCUT2D eigenvalue weighted by Crippen LogP contribution is -2.22. The van der Waals surface area contributed by atoms with Gasteiger partial charge < -0.3 is 5.32 Å². The van der Waals surface area contributed by atoms with E-state index in [1.165, 1.54) is 30.7 Å². The minimum absolute atomic E-state index is 0.834. The summed E-state index contributed by atoms with van der Waals surface area (Å²) in [5.41, 5.74) is 1.14. The van der Waals surface area contributed by atoms with Crippen molar-refractivity contribution in [3.05, 3.63) is 16.1 Å². The van der Waals surface area contributed by atoms with Crippen molar-refractivity contribution >= 4 is 11.3 Å². The van der Waals surface area contributed by atoms with Crippen LogP contribution in [-0.4, -0.2) is 11.5 Å². The molecule has 16 heavy (non-hydrogen) atoms. The van der Waals surface area contributed by atoms with Crippen LogP contribution in [0.3, 0.4) is 0 Å². The molecule has 0 saturated carbocycles. The lowest BCUT2D eigenvalue weighted by atomic mass is 9.99. The molecule has 1 unspecified atom stereocenters. The molecule has 0 saturated heterocycles. The van der Waals surface area contributed by atoms with Crippen molar-refractivity contribution in [3.8, 4) is 0 Å². The van der Waals surface area contributed by atoms with Crippen LogP contribution in [-0.2, 0) is 6.54 Å². The van der Waals surface area contributed by atoms with E-state index in [-0.39, 0.29) is 0 Å². The number of rotatable bonds is 8. The van der Waals surface area contributed by atoms with E-state index in [4.69, 9.17) is 0 Å². The number of nitrogens with zero attached hydrogens (tertiary/aromatic N) is 1. The molecule has 2 nitrogen and oxygen atoms in total. The van der Waals surface area contributed by atoms with Crippen molar-refractivity contribution in [2.45, 2.75) is 53.0 Å². The molecule has 1 aromatic rings. The first-order valence-electron chi connectivity index (χ1n) is 6.38. The largest absolute Gasteiger partial charge is 0.310 e. The molecule has 0 aliphatic rings. The Labute approximate surface area is 103 Å². The van der Waals surface area contributed by atoms with Crippen molar-refractivity contribution in [1.82, 2.24) is 10.3 Å². The molecular weight excluding hydrogens is 216 g/mol. The Hall–Kier alpha value is -0.410. The van der Waals surface area contributed by atoms with Gasteiger partial charge in [-0.1, -0.05) is 33.1 Å². The van der Waals surface area contributed by atoms with Gasteiger partial charge in [0.15, 0.2) is 0 Å². The van der Waals surface area contributed by atoms with Gasteiger partial charge in [0.25, 0.3) is 0 Å². The number of unbranched alkanes of at least 4 members (excludes halogenated alkanes) is 1. The van der Waals surface area contributed by atoms with Crippen LogP contribution in [0.2, 0.25) is 0 Å². The van der Waals surface area contributed by atoms with Gasteiger partial charge in [0.2, 0.25) is 0 Å². The molecule has 0 bridgehead atoms. The standard InChI is InChI=1S/C13H24N2S/c1-4-6-7-12(5-2)8-14-9-13-15-11(3)10-16-13/h10,12,14H,4-9H2,1-3H3. The van der Waals surface area contributed by atoms with Gasteiger partial charge in [-0.25, -0.2) is 4.98 Å². The summed E-state index contributed by atoms with van der Waals surface area (Å²) >= 11 is 1.75. The molecule has 0 aliphatic heterocycles. The summed E-state index contributed by atoms with van der Waals surface area (Å²) in [7, 11) is 0. The van der Waals surface area contributed by atoms with E-state index in [1.807, 2.05) is 0 Å². The minimum Gasteiger partial charge on any atom is -0.310 e. The lowest BCUT2D eigenvalue weighted by molar-refractivity contribution is 0.419. The normalized spacial score (nSPS) is 12.9. The van der Waals surface area contributed by atoms with Crippen LogP contribution in [0.15, 0.2) is 5.38 Å². The van der Waals surface area contributed by atoms with Gasteiger partial charge in [-0.05, 0) is 25.8 Å². The van der Waals surface area contributed by atoms with Crippen LogP contribution < -0.4 is 5.32 Å². The topological polar surface area (TPSA) is 24.9 Å². The van der Waals surface area contributed by atoms with E-state index in [0.717, 1.165) is 24.7 Å². The van der Waals surface area contributed by atoms with Gasteiger partial charge in [-0.3, -0.25) is 0 Å². The van der Waals surface area contributed by atoms with Crippen LogP contribution in [0.4, 0.5) is 0 Å². The first-order valence-corrected chi connectivity index (χ1v) is 7.25. The van der Waals surface area contributed by atoms with Crippen LogP contribution >= 0.6 is 11.3 Å². The molecule has 0 aromatic carbocycles. The van der Waals surface area contributed by atoms with Crippen LogP contribution in [0.1, 0.15) is 50.2 Å². The summed E-state index contributed by atoms with van der Waals surface area (Å²) in [4.78, 5) is 4.45. The summed E-state index contributed by atoms with van der Waals surface area (Å²) < 4.78 is 0. The van der Waals surface area contributed by atoms with Crippen molar-refractivity contribution in [3.63, 3.8) is 0 Å². The number of aryl methyl sites for hydroxylation is 1. The monoisotopic (exact) mass is 240 g/mol. The van der Waals surface area contributed by atoms with E-state index in [1.54, 1.807) is 11.3 Å². The fourth-order valence-electron chi connectivity index (χ4n) is 1.81. The second-order valence-corrected chi connectivity index (χ2v) is 5.37. The Morgan fingerprint density at radius 2 is 2.25 bits per heavy atom. The number of nitrogens with one attached hydrogen (secondary N) is 1. The zero-order valence-electron chi connectivity index (χ0n) is 10.8. The van der Waals surface area contributed by atoms with Crippen molar-refractivity contribution < 1.29 is 0 Å². The highest BCUT2D eigenvalue weighted by Crippen LogP contribution is 2.12. The maximum atomic E-state index is 4.45. The van der Waals surface area contributed by atoms with Crippen molar-refractivity contribution in [1.29, 1.82) is 0 Å². The molecule has 1 aromatic heterocycles. The highest BCUT2D eigenvalue weighted by Gasteiger charge is 2.05. The Morgan fingerprint density at radius 1 is 1.44 bits per heavy atom. The van der Waals surface area contributed by atoms with E-state index in [9.17, 15) is 0 Å². The molecule has 1 rings (SSSR count). The lowest BCUT2D eigenvalue weighted by Gasteiger charge is -2.14. The van der Waals surface area contributed by atoms with Gasteiger partial charge in [0.05, 0.1) is 0 Å². The third-order valence-corrected chi connectivity index (χ3v) is 3.89. The number of aromatic nitrogens is 1. The summed E-state index contributed by atoms with van der Waals surface area (Å²) in [5, 5.41) is 6.85.